The minimum atomic E-state index is 0.168. The summed E-state index contributed by atoms with van der Waals surface area (Å²) in [5.74, 6) is 0.883. The van der Waals surface area contributed by atoms with Crippen LogP contribution in [0, 0.1) is 5.92 Å². The predicted molar refractivity (Wildman–Crippen MR) is 88.3 cm³/mol. The molecule has 0 radical (unpaired) electrons. The molecule has 1 heterocycles. The molecule has 1 saturated heterocycles. The van der Waals surface area contributed by atoms with Crippen molar-refractivity contribution in [2.45, 2.75) is 44.6 Å². The first-order valence-corrected chi connectivity index (χ1v) is 8.28. The lowest BCUT2D eigenvalue weighted by atomic mass is 9.78. The number of piperidine rings is 1. The topological polar surface area (TPSA) is 46.3 Å². The van der Waals surface area contributed by atoms with Crippen LogP contribution in [0.2, 0.25) is 0 Å². The molecule has 2 fully saturated rings. The molecule has 0 spiro atoms. The van der Waals surface area contributed by atoms with E-state index in [0.29, 0.717) is 16.9 Å². The zero-order valence-electron chi connectivity index (χ0n) is 12.3. The van der Waals surface area contributed by atoms with Crippen molar-refractivity contribution in [1.82, 2.24) is 4.90 Å². The maximum absolute atomic E-state index is 12.8. The molecular weight excluding hydrogens is 280 g/mol. The fraction of sp³-hybridized carbons (Fsp3) is 0.529. The van der Waals surface area contributed by atoms with Crippen LogP contribution in [0.25, 0.3) is 0 Å². The van der Waals surface area contributed by atoms with Gasteiger partial charge in [0.15, 0.2) is 0 Å². The van der Waals surface area contributed by atoms with E-state index in [1.165, 1.54) is 32.1 Å². The molecule has 3 rings (SSSR count). The number of amides is 1. The Hall–Kier alpha value is -1.42. The van der Waals surface area contributed by atoms with Crippen LogP contribution in [0.4, 0.5) is 0 Å². The number of rotatable bonds is 2. The number of likely N-dealkylation sites (tertiary alicyclic amines) is 1. The molecule has 112 valence electrons. The maximum Gasteiger partial charge on any atom is 0.254 e. The summed E-state index contributed by atoms with van der Waals surface area (Å²) in [5.41, 5.74) is 7.17. The highest BCUT2D eigenvalue weighted by Gasteiger charge is 2.35. The Balaban J connectivity index is 1.78. The Morgan fingerprint density at radius 3 is 2.38 bits per heavy atom. The van der Waals surface area contributed by atoms with Crippen LogP contribution >= 0.6 is 12.2 Å². The monoisotopic (exact) mass is 302 g/mol. The normalized spacial score (nSPS) is 25.2. The molecular formula is C17H22N2OS. The van der Waals surface area contributed by atoms with Crippen molar-refractivity contribution < 1.29 is 4.79 Å². The molecule has 1 saturated carbocycles. The summed E-state index contributed by atoms with van der Waals surface area (Å²) in [4.78, 5) is 15.3. The Morgan fingerprint density at radius 1 is 1.05 bits per heavy atom. The highest BCUT2D eigenvalue weighted by atomic mass is 32.1. The van der Waals surface area contributed by atoms with Gasteiger partial charge in [0.25, 0.3) is 5.91 Å². The second-order valence-electron chi connectivity index (χ2n) is 6.19. The number of carbonyl (C=O) groups is 1. The Kier molecular flexibility index (Phi) is 4.24. The SMILES string of the molecule is NC(=S)c1ccc(C(=O)N2CCCC3CCCCC32)cc1. The molecule has 2 atom stereocenters. The van der Waals surface area contributed by atoms with Gasteiger partial charge < -0.3 is 10.6 Å². The lowest BCUT2D eigenvalue weighted by Gasteiger charge is -2.44. The first-order valence-electron chi connectivity index (χ1n) is 7.87. The highest BCUT2D eigenvalue weighted by molar-refractivity contribution is 7.80. The molecule has 2 unspecified atom stereocenters. The fourth-order valence-electron chi connectivity index (χ4n) is 3.82. The zero-order valence-corrected chi connectivity index (χ0v) is 13.1. The molecule has 3 nitrogen and oxygen atoms in total. The van der Waals surface area contributed by atoms with E-state index in [1.54, 1.807) is 0 Å². The number of fused-ring (bicyclic) bond motifs is 1. The van der Waals surface area contributed by atoms with E-state index < -0.39 is 0 Å². The quantitative estimate of drug-likeness (QED) is 0.854. The number of thiocarbonyl (C=S) groups is 1. The van der Waals surface area contributed by atoms with Gasteiger partial charge in [0, 0.05) is 23.7 Å². The summed E-state index contributed by atoms with van der Waals surface area (Å²) in [6.07, 6.45) is 7.46. The van der Waals surface area contributed by atoms with Crippen LogP contribution < -0.4 is 5.73 Å². The lowest BCUT2D eigenvalue weighted by molar-refractivity contribution is 0.0390. The van der Waals surface area contributed by atoms with Crippen LogP contribution in [-0.2, 0) is 0 Å². The maximum atomic E-state index is 12.8. The number of hydrogen-bond acceptors (Lipinski definition) is 2. The molecule has 2 N–H and O–H groups in total. The number of nitrogens with two attached hydrogens (primary N) is 1. The first kappa shape index (κ1) is 14.5. The fourth-order valence-corrected chi connectivity index (χ4v) is 3.96. The molecule has 1 aromatic rings. The van der Waals surface area contributed by atoms with Crippen molar-refractivity contribution in [2.24, 2.45) is 11.7 Å². The Labute approximate surface area is 131 Å². The average molecular weight is 302 g/mol. The van der Waals surface area contributed by atoms with Crippen LogP contribution in [0.15, 0.2) is 24.3 Å². The van der Waals surface area contributed by atoms with Gasteiger partial charge in [-0.2, -0.15) is 0 Å². The van der Waals surface area contributed by atoms with E-state index in [-0.39, 0.29) is 5.91 Å². The smallest absolute Gasteiger partial charge is 0.254 e. The third-order valence-corrected chi connectivity index (χ3v) is 5.16. The number of nitrogens with zero attached hydrogens (tertiary/aromatic N) is 1. The van der Waals surface area contributed by atoms with Crippen LogP contribution in [0.1, 0.15) is 54.4 Å². The molecule has 1 aliphatic heterocycles. The number of carbonyl (C=O) groups excluding carboxylic acids is 1. The van der Waals surface area contributed by atoms with E-state index in [4.69, 9.17) is 18.0 Å². The van der Waals surface area contributed by atoms with Gasteiger partial charge in [0.05, 0.1) is 0 Å². The van der Waals surface area contributed by atoms with Crippen LogP contribution in [0.3, 0.4) is 0 Å². The summed E-state index contributed by atoms with van der Waals surface area (Å²) in [6, 6.07) is 7.85. The molecule has 1 amide bonds. The predicted octanol–water partition coefficient (Wildman–Crippen LogP) is 3.12. The van der Waals surface area contributed by atoms with Crippen molar-refractivity contribution in [3.63, 3.8) is 0 Å². The van der Waals surface area contributed by atoms with Crippen molar-refractivity contribution in [2.75, 3.05) is 6.54 Å². The van der Waals surface area contributed by atoms with E-state index in [9.17, 15) is 4.79 Å². The summed E-state index contributed by atoms with van der Waals surface area (Å²) in [7, 11) is 0. The van der Waals surface area contributed by atoms with Gasteiger partial charge >= 0.3 is 0 Å². The summed E-state index contributed by atoms with van der Waals surface area (Å²) < 4.78 is 0. The first-order chi connectivity index (χ1) is 10.2. The van der Waals surface area contributed by atoms with Crippen molar-refractivity contribution in [1.29, 1.82) is 0 Å². The molecule has 2 aliphatic rings. The van der Waals surface area contributed by atoms with Crippen molar-refractivity contribution in [3.05, 3.63) is 35.4 Å². The van der Waals surface area contributed by atoms with Gasteiger partial charge in [-0.3, -0.25) is 4.79 Å². The van der Waals surface area contributed by atoms with Crippen LogP contribution in [0.5, 0.6) is 0 Å². The molecule has 4 heteroatoms. The summed E-state index contributed by atoms with van der Waals surface area (Å²) in [5, 5.41) is 0. The zero-order chi connectivity index (χ0) is 14.8. The van der Waals surface area contributed by atoms with Crippen molar-refractivity contribution >= 4 is 23.1 Å². The minimum absolute atomic E-state index is 0.168. The van der Waals surface area contributed by atoms with Gasteiger partial charge in [0.2, 0.25) is 0 Å². The van der Waals surface area contributed by atoms with Crippen LogP contribution in [-0.4, -0.2) is 28.4 Å². The van der Waals surface area contributed by atoms with E-state index in [0.717, 1.165) is 24.1 Å². The minimum Gasteiger partial charge on any atom is -0.389 e. The number of hydrogen-bond donors (Lipinski definition) is 1. The van der Waals surface area contributed by atoms with Gasteiger partial charge in [-0.15, -0.1) is 0 Å². The van der Waals surface area contributed by atoms with E-state index >= 15 is 0 Å². The largest absolute Gasteiger partial charge is 0.389 e. The summed E-state index contributed by atoms with van der Waals surface area (Å²) in [6.45, 7) is 0.900. The van der Waals surface area contributed by atoms with Gasteiger partial charge in [-0.1, -0.05) is 37.2 Å². The second-order valence-corrected chi connectivity index (χ2v) is 6.63. The lowest BCUT2D eigenvalue weighted by Crippen LogP contribution is -2.49. The third-order valence-electron chi connectivity index (χ3n) is 4.92. The molecule has 21 heavy (non-hydrogen) atoms. The van der Waals surface area contributed by atoms with Crippen molar-refractivity contribution in [3.8, 4) is 0 Å². The van der Waals surface area contributed by atoms with Gasteiger partial charge in [-0.25, -0.2) is 0 Å². The molecule has 1 aliphatic carbocycles. The van der Waals surface area contributed by atoms with E-state index in [1.807, 2.05) is 24.3 Å². The standard InChI is InChI=1S/C17H22N2OS/c18-16(21)13-7-9-14(10-8-13)17(20)19-11-3-5-12-4-1-2-6-15(12)19/h7-10,12,15H,1-6,11H2,(H2,18,21). The van der Waals surface area contributed by atoms with E-state index in [2.05, 4.69) is 4.90 Å². The molecule has 1 aromatic carbocycles. The highest BCUT2D eigenvalue weighted by Crippen LogP contribution is 2.35. The second kappa shape index (κ2) is 6.14. The number of benzene rings is 1. The average Bonchev–Trinajstić information content (AvgIpc) is 2.53. The molecule has 0 bridgehead atoms. The van der Waals surface area contributed by atoms with Gasteiger partial charge in [0.1, 0.15) is 4.99 Å². The summed E-state index contributed by atoms with van der Waals surface area (Å²) >= 11 is 4.95. The molecule has 0 aromatic heterocycles. The Bertz CT molecular complexity index is 538. The van der Waals surface area contributed by atoms with Gasteiger partial charge in [-0.05, 0) is 43.7 Å². The Morgan fingerprint density at radius 2 is 1.67 bits per heavy atom. The third kappa shape index (κ3) is 2.95.